The third-order valence-corrected chi connectivity index (χ3v) is 3.63. The highest BCUT2D eigenvalue weighted by molar-refractivity contribution is 6.01. The van der Waals surface area contributed by atoms with E-state index in [9.17, 15) is 19.5 Å². The van der Waals surface area contributed by atoms with E-state index in [1.807, 2.05) is 27.7 Å². The number of nitrogens with zero attached hydrogens (tertiary/aromatic N) is 1. The van der Waals surface area contributed by atoms with E-state index in [1.54, 1.807) is 0 Å². The number of methoxy groups -OCH3 is 1. The molecule has 0 saturated carbocycles. The summed E-state index contributed by atoms with van der Waals surface area (Å²) in [4.78, 5) is 39.8. The van der Waals surface area contributed by atoms with Crippen LogP contribution >= 0.6 is 0 Å². The summed E-state index contributed by atoms with van der Waals surface area (Å²) in [5.41, 5.74) is 0.910. The largest absolute Gasteiger partial charge is 0.508 e. The van der Waals surface area contributed by atoms with Gasteiger partial charge < -0.3 is 15.2 Å². The first-order chi connectivity index (χ1) is 13.4. The minimum Gasteiger partial charge on any atom is -0.508 e. The van der Waals surface area contributed by atoms with Crippen LogP contribution in [0.15, 0.2) is 30.3 Å². The van der Waals surface area contributed by atoms with Crippen molar-refractivity contribution in [2.45, 2.75) is 27.7 Å². The number of carbonyl (C=O) groups is 3. The van der Waals surface area contributed by atoms with Crippen molar-refractivity contribution in [2.24, 2.45) is 5.92 Å². The van der Waals surface area contributed by atoms with Gasteiger partial charge in [0.25, 0.3) is 5.91 Å². The molecule has 0 atom stereocenters. The zero-order valence-electron chi connectivity index (χ0n) is 16.8. The number of pyridine rings is 1. The molecule has 0 radical (unpaired) electrons. The number of phenols is 1. The van der Waals surface area contributed by atoms with Crippen molar-refractivity contribution >= 4 is 18.2 Å². The molecule has 7 nitrogen and oxygen atoms in total. The highest BCUT2D eigenvalue weighted by Crippen LogP contribution is 2.29. The summed E-state index contributed by atoms with van der Waals surface area (Å²) in [5, 5.41) is 12.3. The number of amides is 1. The minimum atomic E-state index is -0.733. The molecule has 150 valence electrons. The van der Waals surface area contributed by atoms with Crippen molar-refractivity contribution in [2.75, 3.05) is 13.7 Å². The van der Waals surface area contributed by atoms with Crippen LogP contribution in [0.1, 0.15) is 59.0 Å². The zero-order valence-corrected chi connectivity index (χ0v) is 16.8. The highest BCUT2D eigenvalue weighted by Gasteiger charge is 2.20. The first-order valence-corrected chi connectivity index (χ1v) is 9.03. The SMILES string of the molecule is CC.COC(=O)c1nc(C(=O)NCC(C)C)ccc1-c1ccc(O)cc1C=O. The van der Waals surface area contributed by atoms with E-state index >= 15 is 0 Å². The number of rotatable bonds is 6. The second kappa shape index (κ2) is 10.8. The summed E-state index contributed by atoms with van der Waals surface area (Å²) in [5.74, 6) is -0.946. The molecule has 0 bridgehead atoms. The molecule has 28 heavy (non-hydrogen) atoms. The maximum absolute atomic E-state index is 12.2. The molecular weight excluding hydrogens is 360 g/mol. The Bertz CT molecular complexity index is 847. The summed E-state index contributed by atoms with van der Waals surface area (Å²) in [6.07, 6.45) is 0.569. The fourth-order valence-corrected chi connectivity index (χ4v) is 2.34. The molecule has 1 aromatic heterocycles. The van der Waals surface area contributed by atoms with Crippen LogP contribution in [0.5, 0.6) is 5.75 Å². The Labute approximate surface area is 164 Å². The molecule has 0 saturated heterocycles. The number of ether oxygens (including phenoxy) is 1. The Morgan fingerprint density at radius 2 is 1.82 bits per heavy atom. The Morgan fingerprint density at radius 3 is 2.39 bits per heavy atom. The lowest BCUT2D eigenvalue weighted by atomic mass is 9.98. The molecule has 1 heterocycles. The molecule has 1 amide bonds. The predicted molar refractivity (Wildman–Crippen MR) is 107 cm³/mol. The van der Waals surface area contributed by atoms with Crippen molar-refractivity contribution in [3.63, 3.8) is 0 Å². The number of hydrogen-bond donors (Lipinski definition) is 2. The zero-order chi connectivity index (χ0) is 21.3. The minimum absolute atomic E-state index is 0.0706. The predicted octanol–water partition coefficient (Wildman–Crippen LogP) is 3.47. The third-order valence-electron chi connectivity index (χ3n) is 3.63. The van der Waals surface area contributed by atoms with E-state index in [0.717, 1.165) is 0 Å². The highest BCUT2D eigenvalue weighted by atomic mass is 16.5. The lowest BCUT2D eigenvalue weighted by Crippen LogP contribution is -2.28. The van der Waals surface area contributed by atoms with Crippen LogP contribution in [-0.4, -0.2) is 41.9 Å². The quantitative estimate of drug-likeness (QED) is 0.582. The van der Waals surface area contributed by atoms with Crippen LogP contribution < -0.4 is 5.32 Å². The number of aldehydes is 1. The maximum atomic E-state index is 12.2. The van der Waals surface area contributed by atoms with Gasteiger partial charge in [0.15, 0.2) is 12.0 Å². The van der Waals surface area contributed by atoms with Gasteiger partial charge in [0, 0.05) is 17.7 Å². The fourth-order valence-electron chi connectivity index (χ4n) is 2.34. The van der Waals surface area contributed by atoms with Gasteiger partial charge >= 0.3 is 5.97 Å². The monoisotopic (exact) mass is 386 g/mol. The van der Waals surface area contributed by atoms with Crippen LogP contribution in [0.25, 0.3) is 11.1 Å². The summed E-state index contributed by atoms with van der Waals surface area (Å²) in [7, 11) is 1.21. The van der Waals surface area contributed by atoms with Gasteiger partial charge in [0.1, 0.15) is 11.4 Å². The fraction of sp³-hybridized carbons (Fsp3) is 0.333. The van der Waals surface area contributed by atoms with Gasteiger partial charge in [-0.15, -0.1) is 0 Å². The number of esters is 1. The van der Waals surface area contributed by atoms with E-state index in [-0.39, 0.29) is 28.6 Å². The third kappa shape index (κ3) is 5.64. The molecule has 0 aliphatic rings. The van der Waals surface area contributed by atoms with Crippen molar-refractivity contribution in [3.05, 3.63) is 47.3 Å². The van der Waals surface area contributed by atoms with E-state index in [4.69, 9.17) is 4.74 Å². The van der Waals surface area contributed by atoms with Gasteiger partial charge in [0.2, 0.25) is 0 Å². The first-order valence-electron chi connectivity index (χ1n) is 9.03. The Hall–Kier alpha value is -3.22. The van der Waals surface area contributed by atoms with Crippen LogP contribution in [-0.2, 0) is 4.74 Å². The molecule has 2 N–H and O–H groups in total. The topological polar surface area (TPSA) is 106 Å². The summed E-state index contributed by atoms with van der Waals surface area (Å²) in [6.45, 7) is 8.40. The number of carbonyl (C=O) groups excluding carboxylic acids is 3. The number of aromatic nitrogens is 1. The Kier molecular flexibility index (Phi) is 8.81. The van der Waals surface area contributed by atoms with Gasteiger partial charge in [-0.3, -0.25) is 9.59 Å². The van der Waals surface area contributed by atoms with Crippen LogP contribution in [0, 0.1) is 5.92 Å². The second-order valence-corrected chi connectivity index (χ2v) is 6.08. The maximum Gasteiger partial charge on any atom is 0.357 e. The molecule has 0 aliphatic heterocycles. The summed E-state index contributed by atoms with van der Waals surface area (Å²) < 4.78 is 4.76. The van der Waals surface area contributed by atoms with E-state index < -0.39 is 11.9 Å². The smallest absolute Gasteiger partial charge is 0.357 e. The lowest BCUT2D eigenvalue weighted by Gasteiger charge is -2.12. The standard InChI is InChI=1S/C19H20N2O5.C2H6/c1-11(2)9-20-18(24)16-7-6-15(17(21-16)19(25)26-3)14-5-4-13(23)8-12(14)10-22;1-2/h4-8,10-11,23H,9H2,1-3H3,(H,20,24);1-2H3. The van der Waals surface area contributed by atoms with Crippen LogP contribution in [0.4, 0.5) is 0 Å². The van der Waals surface area contributed by atoms with Gasteiger partial charge in [-0.1, -0.05) is 27.7 Å². The summed E-state index contributed by atoms with van der Waals surface area (Å²) >= 11 is 0. The number of hydrogen-bond acceptors (Lipinski definition) is 6. The van der Waals surface area contributed by atoms with Crippen molar-refractivity contribution in [1.82, 2.24) is 10.3 Å². The van der Waals surface area contributed by atoms with Crippen molar-refractivity contribution in [3.8, 4) is 16.9 Å². The molecule has 0 spiro atoms. The van der Waals surface area contributed by atoms with Crippen LogP contribution in [0.2, 0.25) is 0 Å². The number of phenolic OH excluding ortho intramolecular Hbond substituents is 1. The lowest BCUT2D eigenvalue weighted by molar-refractivity contribution is 0.0594. The molecule has 2 rings (SSSR count). The van der Waals surface area contributed by atoms with Gasteiger partial charge in [-0.05, 0) is 41.8 Å². The Morgan fingerprint density at radius 1 is 1.18 bits per heavy atom. The molecular formula is C21H26N2O5. The molecule has 2 aromatic rings. The molecule has 0 unspecified atom stereocenters. The van der Waals surface area contributed by atoms with Gasteiger partial charge in [-0.2, -0.15) is 0 Å². The number of nitrogens with one attached hydrogen (secondary N) is 1. The molecule has 0 aliphatic carbocycles. The normalized spacial score (nSPS) is 9.93. The van der Waals surface area contributed by atoms with Gasteiger partial charge in [-0.25, -0.2) is 9.78 Å². The first kappa shape index (κ1) is 22.8. The van der Waals surface area contributed by atoms with Crippen LogP contribution in [0.3, 0.4) is 0 Å². The van der Waals surface area contributed by atoms with Gasteiger partial charge in [0.05, 0.1) is 7.11 Å². The molecule has 0 fully saturated rings. The average molecular weight is 386 g/mol. The van der Waals surface area contributed by atoms with E-state index in [2.05, 4.69) is 10.3 Å². The van der Waals surface area contributed by atoms with Crippen molar-refractivity contribution < 1.29 is 24.2 Å². The second-order valence-electron chi connectivity index (χ2n) is 6.08. The number of benzene rings is 1. The van der Waals surface area contributed by atoms with Crippen molar-refractivity contribution in [1.29, 1.82) is 0 Å². The number of aromatic hydroxyl groups is 1. The Balaban J connectivity index is 0.00000190. The molecule has 7 heteroatoms. The van der Waals surface area contributed by atoms with E-state index in [1.165, 1.54) is 37.4 Å². The van der Waals surface area contributed by atoms with E-state index in [0.29, 0.717) is 24.0 Å². The summed E-state index contributed by atoms with van der Waals surface area (Å²) in [6, 6.07) is 7.18. The average Bonchev–Trinajstić information content (AvgIpc) is 2.72. The molecule has 1 aromatic carbocycles.